The molecule has 0 amide bonds. The first kappa shape index (κ1) is 16.4. The summed E-state index contributed by atoms with van der Waals surface area (Å²) in [4.78, 5) is 14.3. The maximum Gasteiger partial charge on any atom is 0.325 e. The van der Waals surface area contributed by atoms with Gasteiger partial charge in [-0.1, -0.05) is 0 Å². The van der Waals surface area contributed by atoms with Crippen molar-refractivity contribution in [2.45, 2.75) is 50.8 Å². The van der Waals surface area contributed by atoms with Crippen LogP contribution >= 0.6 is 0 Å². The number of rotatable bonds is 6. The van der Waals surface area contributed by atoms with Gasteiger partial charge in [-0.3, -0.25) is 9.69 Å². The number of carbonyl (C=O) groups is 1. The van der Waals surface area contributed by atoms with Crippen LogP contribution in [-0.2, 0) is 14.3 Å². The molecule has 1 heterocycles. The number of carbonyl (C=O) groups excluding carboxylic acids is 1. The predicted octanol–water partition coefficient (Wildman–Crippen LogP) is 1.03. The van der Waals surface area contributed by atoms with E-state index in [1.807, 2.05) is 6.92 Å². The van der Waals surface area contributed by atoms with Crippen molar-refractivity contribution in [3.05, 3.63) is 0 Å². The van der Waals surface area contributed by atoms with Gasteiger partial charge in [-0.25, -0.2) is 0 Å². The number of hydrogen-bond acceptors (Lipinski definition) is 5. The molecule has 1 saturated heterocycles. The van der Waals surface area contributed by atoms with Gasteiger partial charge in [0.05, 0.1) is 13.2 Å². The highest BCUT2D eigenvalue weighted by Gasteiger charge is 2.36. The van der Waals surface area contributed by atoms with Crippen LogP contribution < -0.4 is 5.32 Å². The van der Waals surface area contributed by atoms with Crippen molar-refractivity contribution in [1.82, 2.24) is 10.2 Å². The molecule has 0 aromatic rings. The lowest BCUT2D eigenvalue weighted by Crippen LogP contribution is -2.54. The Hall–Kier alpha value is -0.650. The third kappa shape index (κ3) is 4.16. The number of nitrogens with one attached hydrogen (secondary N) is 1. The highest BCUT2D eigenvalue weighted by Crippen LogP contribution is 2.21. The number of piperidine rings is 1. The molecule has 0 aliphatic carbocycles. The maximum atomic E-state index is 11.9. The summed E-state index contributed by atoms with van der Waals surface area (Å²) < 4.78 is 10.3. The summed E-state index contributed by atoms with van der Waals surface area (Å²) in [7, 11) is 5.01. The fourth-order valence-electron chi connectivity index (χ4n) is 2.79. The molecule has 3 unspecified atom stereocenters. The van der Waals surface area contributed by atoms with E-state index in [9.17, 15) is 4.79 Å². The molecule has 5 heteroatoms. The zero-order chi connectivity index (χ0) is 14.5. The summed E-state index contributed by atoms with van der Waals surface area (Å²) in [6, 6.07) is 0.314. The van der Waals surface area contributed by atoms with E-state index in [0.717, 1.165) is 32.4 Å². The minimum absolute atomic E-state index is 0.206. The van der Waals surface area contributed by atoms with E-state index in [1.54, 1.807) is 14.2 Å². The van der Waals surface area contributed by atoms with E-state index in [1.165, 1.54) is 7.11 Å². The first-order chi connectivity index (χ1) is 8.96. The van der Waals surface area contributed by atoms with E-state index in [0.29, 0.717) is 12.1 Å². The Morgan fingerprint density at radius 2 is 2.21 bits per heavy atom. The fourth-order valence-corrected chi connectivity index (χ4v) is 2.79. The Morgan fingerprint density at radius 1 is 1.53 bits per heavy atom. The number of ether oxygens (including phenoxy) is 2. The Bertz CT molecular complexity index is 298. The molecule has 112 valence electrons. The van der Waals surface area contributed by atoms with Gasteiger partial charge in [0, 0.05) is 19.7 Å². The van der Waals surface area contributed by atoms with E-state index >= 15 is 0 Å². The van der Waals surface area contributed by atoms with Gasteiger partial charge in [0.15, 0.2) is 0 Å². The smallest absolute Gasteiger partial charge is 0.325 e. The number of nitrogens with zero attached hydrogens (tertiary/aromatic N) is 1. The lowest BCUT2D eigenvalue weighted by molar-refractivity contribution is -0.148. The van der Waals surface area contributed by atoms with Crippen LogP contribution in [0.4, 0.5) is 0 Å². The van der Waals surface area contributed by atoms with Gasteiger partial charge < -0.3 is 14.8 Å². The molecule has 0 spiro atoms. The topological polar surface area (TPSA) is 50.8 Å². The second-order valence-corrected chi connectivity index (χ2v) is 5.62. The Morgan fingerprint density at radius 3 is 2.74 bits per heavy atom. The molecular weight excluding hydrogens is 244 g/mol. The molecule has 19 heavy (non-hydrogen) atoms. The Kier molecular flexibility index (Phi) is 6.23. The van der Waals surface area contributed by atoms with Gasteiger partial charge in [0.1, 0.15) is 5.54 Å². The van der Waals surface area contributed by atoms with Crippen LogP contribution in [0.2, 0.25) is 0 Å². The van der Waals surface area contributed by atoms with E-state index in [2.05, 4.69) is 17.1 Å². The number of esters is 1. The van der Waals surface area contributed by atoms with Crippen molar-refractivity contribution in [3.8, 4) is 0 Å². The van der Waals surface area contributed by atoms with Crippen molar-refractivity contribution in [2.75, 3.05) is 34.4 Å². The molecule has 1 N–H and O–H groups in total. The molecule has 1 fully saturated rings. The van der Waals surface area contributed by atoms with E-state index < -0.39 is 5.54 Å². The van der Waals surface area contributed by atoms with Crippen molar-refractivity contribution >= 4 is 5.97 Å². The highest BCUT2D eigenvalue weighted by atomic mass is 16.5. The van der Waals surface area contributed by atoms with Crippen LogP contribution in [0.5, 0.6) is 0 Å². The van der Waals surface area contributed by atoms with Crippen molar-refractivity contribution < 1.29 is 14.3 Å². The molecule has 0 radical (unpaired) electrons. The molecule has 1 aliphatic rings. The number of methoxy groups -OCH3 is 2. The lowest BCUT2D eigenvalue weighted by atomic mass is 9.92. The molecule has 3 atom stereocenters. The zero-order valence-corrected chi connectivity index (χ0v) is 12.9. The van der Waals surface area contributed by atoms with Crippen LogP contribution in [0.1, 0.15) is 33.1 Å². The van der Waals surface area contributed by atoms with E-state index in [-0.39, 0.29) is 5.97 Å². The average molecular weight is 272 g/mol. The summed E-state index contributed by atoms with van der Waals surface area (Å²) in [5.41, 5.74) is -0.631. The largest absolute Gasteiger partial charge is 0.468 e. The van der Waals surface area contributed by atoms with Gasteiger partial charge >= 0.3 is 5.97 Å². The van der Waals surface area contributed by atoms with Crippen LogP contribution in [0, 0.1) is 0 Å². The molecule has 0 aromatic carbocycles. The minimum atomic E-state index is -0.631. The second kappa shape index (κ2) is 7.22. The average Bonchev–Trinajstić information content (AvgIpc) is 2.46. The normalized spacial score (nSPS) is 25.6. The lowest BCUT2D eigenvalue weighted by Gasteiger charge is -2.39. The summed E-state index contributed by atoms with van der Waals surface area (Å²) >= 11 is 0. The summed E-state index contributed by atoms with van der Waals surface area (Å²) in [5, 5.41) is 3.09. The number of likely N-dealkylation sites (tertiary alicyclic amines) is 1. The molecule has 5 nitrogen and oxygen atoms in total. The van der Waals surface area contributed by atoms with Crippen LogP contribution in [0.3, 0.4) is 0 Å². The monoisotopic (exact) mass is 272 g/mol. The Labute approximate surface area is 116 Å². The summed E-state index contributed by atoms with van der Waals surface area (Å²) in [5.74, 6) is -0.206. The molecule has 1 aliphatic heterocycles. The highest BCUT2D eigenvalue weighted by molar-refractivity contribution is 5.80. The third-order valence-corrected chi connectivity index (χ3v) is 4.26. The van der Waals surface area contributed by atoms with Crippen LogP contribution in [-0.4, -0.2) is 62.9 Å². The SMILES string of the molecule is CNC(C)(CC(C)N1CCCC(OC)C1)C(=O)OC. The standard InChI is InChI=1S/C14H28N2O3/c1-11(9-14(2,15-3)13(17)19-5)16-8-6-7-12(10-16)18-4/h11-12,15H,6-10H2,1-5H3. The molecule has 0 bridgehead atoms. The first-order valence-electron chi connectivity index (χ1n) is 7.01. The molecule has 0 saturated carbocycles. The van der Waals surface area contributed by atoms with Gasteiger partial charge in [-0.2, -0.15) is 0 Å². The van der Waals surface area contributed by atoms with Crippen LogP contribution in [0.25, 0.3) is 0 Å². The fraction of sp³-hybridized carbons (Fsp3) is 0.929. The molecular formula is C14H28N2O3. The van der Waals surface area contributed by atoms with Crippen LogP contribution in [0.15, 0.2) is 0 Å². The van der Waals surface area contributed by atoms with E-state index in [4.69, 9.17) is 9.47 Å². The minimum Gasteiger partial charge on any atom is -0.468 e. The quantitative estimate of drug-likeness (QED) is 0.732. The van der Waals surface area contributed by atoms with Gasteiger partial charge in [0.2, 0.25) is 0 Å². The molecule has 1 rings (SSSR count). The zero-order valence-electron chi connectivity index (χ0n) is 12.9. The first-order valence-corrected chi connectivity index (χ1v) is 7.01. The summed E-state index contributed by atoms with van der Waals surface area (Å²) in [6.45, 7) is 6.07. The third-order valence-electron chi connectivity index (χ3n) is 4.26. The van der Waals surface area contributed by atoms with Gasteiger partial charge in [0.25, 0.3) is 0 Å². The Balaban J connectivity index is 2.61. The predicted molar refractivity (Wildman–Crippen MR) is 75.2 cm³/mol. The van der Waals surface area contributed by atoms with Crippen molar-refractivity contribution in [2.24, 2.45) is 0 Å². The van der Waals surface area contributed by atoms with Crippen molar-refractivity contribution in [3.63, 3.8) is 0 Å². The number of hydrogen-bond donors (Lipinski definition) is 1. The maximum absolute atomic E-state index is 11.9. The van der Waals surface area contributed by atoms with Gasteiger partial charge in [-0.05, 0) is 46.7 Å². The number of likely N-dealkylation sites (N-methyl/N-ethyl adjacent to an activating group) is 1. The summed E-state index contributed by atoms with van der Waals surface area (Å²) in [6.07, 6.45) is 3.32. The second-order valence-electron chi connectivity index (χ2n) is 5.62. The van der Waals surface area contributed by atoms with Crippen molar-refractivity contribution in [1.29, 1.82) is 0 Å². The molecule has 0 aromatic heterocycles. The van der Waals surface area contributed by atoms with Gasteiger partial charge in [-0.15, -0.1) is 0 Å².